The number of Topliss-reactive ketones (excluding diaryl/α,β-unsaturated/α-hetero) is 1. The number of fused-ring (bicyclic) bond motifs is 1. The fourth-order valence-corrected chi connectivity index (χ4v) is 2.10. The lowest BCUT2D eigenvalue weighted by molar-refractivity contribution is 0.100. The average Bonchev–Trinajstić information content (AvgIpc) is 2.51. The first kappa shape index (κ1) is 12.4. The number of benzene rings is 1. The molecule has 2 aromatic rings. The van der Waals surface area contributed by atoms with Crippen LogP contribution in [0.4, 0.5) is 0 Å². The number of rotatable bonds is 2. The van der Waals surface area contributed by atoms with Gasteiger partial charge in [0.15, 0.2) is 5.78 Å². The van der Waals surface area contributed by atoms with Crippen LogP contribution in [0.3, 0.4) is 0 Å². The Labute approximate surface area is 116 Å². The molecule has 1 aromatic heterocycles. The van der Waals surface area contributed by atoms with Crippen LogP contribution in [-0.2, 0) is 0 Å². The Kier molecular flexibility index (Phi) is 3.21. The predicted octanol–water partition coefficient (Wildman–Crippen LogP) is 2.75. The first-order valence-corrected chi connectivity index (χ1v) is 6.24. The topological polar surface area (TPSA) is 48.4 Å². The summed E-state index contributed by atoms with van der Waals surface area (Å²) in [7, 11) is 1.57. The summed E-state index contributed by atoms with van der Waals surface area (Å²) in [5, 5.41) is 0. The Morgan fingerprint density at radius 3 is 3.00 bits per heavy atom. The van der Waals surface area contributed by atoms with E-state index >= 15 is 0 Å². The van der Waals surface area contributed by atoms with Crippen molar-refractivity contribution in [1.82, 2.24) is 4.98 Å². The van der Waals surface area contributed by atoms with Crippen molar-refractivity contribution >= 4 is 11.9 Å². The second kappa shape index (κ2) is 5.17. The summed E-state index contributed by atoms with van der Waals surface area (Å²) >= 11 is 0. The Bertz CT molecular complexity index is 677. The van der Waals surface area contributed by atoms with Crippen molar-refractivity contribution in [2.75, 3.05) is 13.7 Å². The van der Waals surface area contributed by atoms with Crippen LogP contribution in [0.25, 0.3) is 6.08 Å². The number of carbonyl (C=O) groups is 1. The van der Waals surface area contributed by atoms with Gasteiger partial charge in [-0.15, -0.1) is 0 Å². The third-order valence-corrected chi connectivity index (χ3v) is 3.13. The molecule has 0 saturated heterocycles. The van der Waals surface area contributed by atoms with E-state index in [9.17, 15) is 4.79 Å². The van der Waals surface area contributed by atoms with Gasteiger partial charge in [-0.2, -0.15) is 0 Å². The highest BCUT2D eigenvalue weighted by Crippen LogP contribution is 2.31. The summed E-state index contributed by atoms with van der Waals surface area (Å²) in [5.74, 6) is 1.21. The van der Waals surface area contributed by atoms with E-state index < -0.39 is 0 Å². The number of nitrogens with zero attached hydrogens (tertiary/aromatic N) is 1. The smallest absolute Gasteiger partial charge is 0.196 e. The molecule has 0 bridgehead atoms. The monoisotopic (exact) mass is 267 g/mol. The van der Waals surface area contributed by atoms with Crippen molar-refractivity contribution in [1.29, 1.82) is 0 Å². The summed E-state index contributed by atoms with van der Waals surface area (Å²) in [4.78, 5) is 16.5. The van der Waals surface area contributed by atoms with Crippen LogP contribution in [0.5, 0.6) is 11.5 Å². The van der Waals surface area contributed by atoms with Gasteiger partial charge in [0.25, 0.3) is 0 Å². The molecule has 1 aliphatic heterocycles. The zero-order chi connectivity index (χ0) is 13.9. The van der Waals surface area contributed by atoms with Gasteiger partial charge in [0.2, 0.25) is 0 Å². The number of methoxy groups -OCH3 is 1. The zero-order valence-electron chi connectivity index (χ0n) is 11.0. The minimum absolute atomic E-state index is 0.0333. The zero-order valence-corrected chi connectivity index (χ0v) is 11.0. The SMILES string of the molecule is COc1ccc2c(c1)C(=O)C(=Cc1cccnc1)CO2. The van der Waals surface area contributed by atoms with Gasteiger partial charge in [-0.25, -0.2) is 0 Å². The molecule has 4 nitrogen and oxygen atoms in total. The van der Waals surface area contributed by atoms with E-state index in [1.54, 1.807) is 43.8 Å². The maximum Gasteiger partial charge on any atom is 0.196 e. The van der Waals surface area contributed by atoms with E-state index in [1.807, 2.05) is 12.1 Å². The first-order valence-electron chi connectivity index (χ1n) is 6.24. The molecule has 1 aromatic carbocycles. The van der Waals surface area contributed by atoms with E-state index in [2.05, 4.69) is 4.98 Å². The van der Waals surface area contributed by atoms with Crippen molar-refractivity contribution in [3.8, 4) is 11.5 Å². The molecule has 0 fully saturated rings. The van der Waals surface area contributed by atoms with Gasteiger partial charge < -0.3 is 9.47 Å². The highest BCUT2D eigenvalue weighted by atomic mass is 16.5. The van der Waals surface area contributed by atoms with Gasteiger partial charge in [0.05, 0.1) is 12.7 Å². The fourth-order valence-electron chi connectivity index (χ4n) is 2.10. The van der Waals surface area contributed by atoms with E-state index in [0.29, 0.717) is 22.6 Å². The number of ketones is 1. The standard InChI is InChI=1S/C16H13NO3/c1-19-13-4-5-15-14(8-13)16(18)12(10-20-15)7-11-3-2-6-17-9-11/h2-9H,10H2,1H3. The van der Waals surface area contributed by atoms with E-state index in [0.717, 1.165) is 5.56 Å². The van der Waals surface area contributed by atoms with Gasteiger partial charge in [-0.1, -0.05) is 6.07 Å². The van der Waals surface area contributed by atoms with Crippen LogP contribution in [0, 0.1) is 0 Å². The molecule has 4 heteroatoms. The molecule has 100 valence electrons. The van der Waals surface area contributed by atoms with E-state index in [-0.39, 0.29) is 12.4 Å². The van der Waals surface area contributed by atoms with Crippen molar-refractivity contribution in [3.05, 3.63) is 59.4 Å². The molecule has 0 atom stereocenters. The minimum atomic E-state index is -0.0333. The normalized spacial score (nSPS) is 15.7. The Morgan fingerprint density at radius 2 is 2.25 bits per heavy atom. The first-order chi connectivity index (χ1) is 9.78. The van der Waals surface area contributed by atoms with Crippen molar-refractivity contribution in [3.63, 3.8) is 0 Å². The molecule has 2 heterocycles. The van der Waals surface area contributed by atoms with Gasteiger partial charge in [-0.05, 0) is 35.9 Å². The number of pyridine rings is 1. The largest absolute Gasteiger partial charge is 0.497 e. The summed E-state index contributed by atoms with van der Waals surface area (Å²) in [6.45, 7) is 0.271. The number of carbonyl (C=O) groups excluding carboxylic acids is 1. The molecule has 1 aliphatic rings. The quantitative estimate of drug-likeness (QED) is 0.785. The molecule has 0 aliphatic carbocycles. The summed E-state index contributed by atoms with van der Waals surface area (Å²) in [5.41, 5.74) is 2.02. The molecule has 3 rings (SSSR count). The van der Waals surface area contributed by atoms with Crippen molar-refractivity contribution in [2.45, 2.75) is 0 Å². The average molecular weight is 267 g/mol. The lowest BCUT2D eigenvalue weighted by Gasteiger charge is -2.19. The number of hydrogen-bond donors (Lipinski definition) is 0. The lowest BCUT2D eigenvalue weighted by Crippen LogP contribution is -2.19. The molecule has 0 spiro atoms. The molecular formula is C16H13NO3. The second-order valence-electron chi connectivity index (χ2n) is 4.44. The van der Waals surface area contributed by atoms with Crippen LogP contribution < -0.4 is 9.47 Å². The van der Waals surface area contributed by atoms with Crippen LogP contribution in [-0.4, -0.2) is 24.5 Å². The third kappa shape index (κ3) is 2.28. The number of ether oxygens (including phenoxy) is 2. The number of hydrogen-bond acceptors (Lipinski definition) is 4. The van der Waals surface area contributed by atoms with Gasteiger partial charge in [0, 0.05) is 18.0 Å². The van der Waals surface area contributed by atoms with Crippen molar-refractivity contribution in [2.24, 2.45) is 0 Å². The van der Waals surface area contributed by atoms with Crippen LogP contribution in [0.2, 0.25) is 0 Å². The van der Waals surface area contributed by atoms with Crippen LogP contribution >= 0.6 is 0 Å². The Balaban J connectivity index is 1.98. The summed E-state index contributed by atoms with van der Waals surface area (Å²) in [6, 6.07) is 8.97. The Hall–Kier alpha value is -2.62. The molecule has 0 amide bonds. The van der Waals surface area contributed by atoms with E-state index in [4.69, 9.17) is 9.47 Å². The van der Waals surface area contributed by atoms with Gasteiger partial charge in [-0.3, -0.25) is 9.78 Å². The lowest BCUT2D eigenvalue weighted by atomic mass is 9.98. The van der Waals surface area contributed by atoms with Crippen LogP contribution in [0.15, 0.2) is 48.3 Å². The molecule has 0 unspecified atom stereocenters. The molecule has 0 radical (unpaired) electrons. The summed E-state index contributed by atoms with van der Waals surface area (Å²) < 4.78 is 10.8. The Morgan fingerprint density at radius 1 is 1.35 bits per heavy atom. The van der Waals surface area contributed by atoms with Crippen LogP contribution in [0.1, 0.15) is 15.9 Å². The molecule has 0 N–H and O–H groups in total. The maximum atomic E-state index is 12.5. The van der Waals surface area contributed by atoms with Crippen molar-refractivity contribution < 1.29 is 14.3 Å². The highest BCUT2D eigenvalue weighted by Gasteiger charge is 2.23. The molecular weight excluding hydrogens is 254 g/mol. The molecule has 0 saturated carbocycles. The molecule has 20 heavy (non-hydrogen) atoms. The van der Waals surface area contributed by atoms with E-state index in [1.165, 1.54) is 0 Å². The van der Waals surface area contributed by atoms with Gasteiger partial charge in [0.1, 0.15) is 18.1 Å². The highest BCUT2D eigenvalue weighted by molar-refractivity contribution is 6.14. The third-order valence-electron chi connectivity index (χ3n) is 3.13. The van der Waals surface area contributed by atoms with Gasteiger partial charge >= 0.3 is 0 Å². The predicted molar refractivity (Wildman–Crippen MR) is 75.0 cm³/mol. The summed E-state index contributed by atoms with van der Waals surface area (Å²) in [6.07, 6.45) is 5.21. The minimum Gasteiger partial charge on any atom is -0.497 e. The number of aromatic nitrogens is 1. The maximum absolute atomic E-state index is 12.5. The fraction of sp³-hybridized carbons (Fsp3) is 0.125. The second-order valence-corrected chi connectivity index (χ2v) is 4.44.